The molecule has 2 nitrogen and oxygen atoms in total. The summed E-state index contributed by atoms with van der Waals surface area (Å²) in [7, 11) is 0. The lowest BCUT2D eigenvalue weighted by Crippen LogP contribution is -2.61. The quantitative estimate of drug-likeness (QED) is 0.163. The van der Waals surface area contributed by atoms with Gasteiger partial charge in [-0.1, -0.05) is 179 Å². The monoisotopic (exact) mass is 995 g/mol. The molecule has 2 aliphatic heterocycles. The maximum atomic E-state index is 2.81. The van der Waals surface area contributed by atoms with Crippen LogP contribution in [0.25, 0.3) is 21.2 Å². The SMILES string of the molecule is CC(C)(C)c1cc2c3c(c1)N(c1ccc4c(c1)C(C)(C)CCC4(C)C)c1sc4ccc(C(C)(C)C)cc4c1B3c1cc3c(cc1N2c1cc2c(cc1-c1ccccc1)C(C)(C)CCC2(C)C)C(C)(C)CCC3(C)C. The number of benzene rings is 6. The molecule has 0 saturated carbocycles. The van der Waals surface area contributed by atoms with Crippen LogP contribution in [0, 0.1) is 0 Å². The molecular weight excluding hydrogens is 912 g/mol. The highest BCUT2D eigenvalue weighted by molar-refractivity contribution is 7.26. The molecule has 3 heterocycles. The van der Waals surface area contributed by atoms with E-state index in [0.29, 0.717) is 0 Å². The van der Waals surface area contributed by atoms with E-state index >= 15 is 0 Å². The van der Waals surface area contributed by atoms with Crippen LogP contribution in [0.3, 0.4) is 0 Å². The van der Waals surface area contributed by atoms with Crippen molar-refractivity contribution in [3.8, 4) is 11.1 Å². The van der Waals surface area contributed by atoms with E-state index in [1.165, 1.54) is 148 Å². The van der Waals surface area contributed by atoms with Gasteiger partial charge in [0.2, 0.25) is 0 Å². The highest BCUT2D eigenvalue weighted by Gasteiger charge is 2.50. The first kappa shape index (κ1) is 49.8. The third-order valence-electron chi connectivity index (χ3n) is 19.8. The zero-order valence-electron chi connectivity index (χ0n) is 48.4. The number of anilines is 6. The third kappa shape index (κ3) is 7.43. The lowest BCUT2D eigenvalue weighted by Gasteiger charge is -2.48. The summed E-state index contributed by atoms with van der Waals surface area (Å²) in [4.78, 5) is 5.57. The van der Waals surface area contributed by atoms with Gasteiger partial charge in [0.05, 0.1) is 10.7 Å². The molecule has 1 aromatic heterocycles. The van der Waals surface area contributed by atoms with Crippen LogP contribution in [0.1, 0.15) is 208 Å². The standard InChI is InChI=1S/C70H83BN2S/c1-63(2,3)43-24-27-59-47(34-43)60-62(74-59)72(45-25-26-48-49(37-45)66(9,10)29-28-65(48,7)8)57-35-44(64(4,5)6)36-58-61(57)71(60)54-39-51-53(70(17,18)33-31-68(51,13)14)41-56(54)73(58)55-40-52-50(67(11,12)30-32-69(52,15)16)38-46(55)42-22-20-19-21-23-42/h19-27,34-41H,28-33H2,1-18H3. The molecule has 74 heavy (non-hydrogen) atoms. The zero-order valence-corrected chi connectivity index (χ0v) is 49.3. The molecule has 5 aliphatic rings. The van der Waals surface area contributed by atoms with Crippen LogP contribution in [-0.4, -0.2) is 6.71 Å². The molecule has 12 rings (SSSR count). The second-order valence-electron chi connectivity index (χ2n) is 29.8. The van der Waals surface area contributed by atoms with E-state index < -0.39 is 0 Å². The molecule has 382 valence electrons. The van der Waals surface area contributed by atoms with E-state index in [4.69, 9.17) is 0 Å². The molecule has 7 aromatic rings. The van der Waals surface area contributed by atoms with E-state index in [0.717, 1.165) is 6.42 Å². The highest BCUT2D eigenvalue weighted by Crippen LogP contribution is 2.57. The molecular formula is C70H83BN2S. The fourth-order valence-electron chi connectivity index (χ4n) is 14.3. The van der Waals surface area contributed by atoms with Crippen LogP contribution in [0.4, 0.5) is 33.4 Å². The van der Waals surface area contributed by atoms with Gasteiger partial charge in [-0.3, -0.25) is 0 Å². The number of fused-ring (bicyclic) bond motifs is 9. The summed E-state index contributed by atoms with van der Waals surface area (Å²) in [6.07, 6.45) is 7.05. The predicted octanol–water partition coefficient (Wildman–Crippen LogP) is 18.3. The molecule has 0 radical (unpaired) electrons. The van der Waals surface area contributed by atoms with E-state index in [1.54, 1.807) is 0 Å². The Kier molecular flexibility index (Phi) is 10.6. The Hall–Kier alpha value is -5.06. The van der Waals surface area contributed by atoms with Crippen LogP contribution in [0.2, 0.25) is 0 Å². The molecule has 0 spiro atoms. The fourth-order valence-corrected chi connectivity index (χ4v) is 15.6. The summed E-state index contributed by atoms with van der Waals surface area (Å²) in [5, 5.41) is 2.77. The van der Waals surface area contributed by atoms with E-state index in [-0.39, 0.29) is 50.0 Å². The van der Waals surface area contributed by atoms with E-state index in [9.17, 15) is 0 Å². The van der Waals surface area contributed by atoms with Gasteiger partial charge < -0.3 is 9.80 Å². The molecule has 0 fully saturated rings. The zero-order chi connectivity index (χ0) is 52.8. The summed E-state index contributed by atoms with van der Waals surface area (Å²) in [5.74, 6) is 0. The first-order valence-electron chi connectivity index (χ1n) is 28.3. The van der Waals surface area contributed by atoms with Gasteiger partial charge in [0, 0.05) is 33.0 Å². The van der Waals surface area contributed by atoms with E-state index in [2.05, 4.69) is 238 Å². The molecule has 0 atom stereocenters. The molecule has 0 bridgehead atoms. The van der Waals surface area contributed by atoms with Crippen LogP contribution in [-0.2, 0) is 43.3 Å². The average molecular weight is 995 g/mol. The number of thiophene rings is 1. The van der Waals surface area contributed by atoms with Gasteiger partial charge in [0.15, 0.2) is 0 Å². The van der Waals surface area contributed by atoms with Crippen molar-refractivity contribution in [2.24, 2.45) is 0 Å². The molecule has 3 aliphatic carbocycles. The summed E-state index contributed by atoms with van der Waals surface area (Å²) in [5.41, 5.74) is 25.5. The largest absolute Gasteiger partial charge is 0.311 e. The fraction of sp³-hybridized carbons (Fsp3) is 0.457. The number of rotatable bonds is 3. The first-order chi connectivity index (χ1) is 34.4. The van der Waals surface area contributed by atoms with Crippen molar-refractivity contribution in [3.63, 3.8) is 0 Å². The van der Waals surface area contributed by atoms with Crippen molar-refractivity contribution in [2.75, 3.05) is 9.80 Å². The minimum absolute atomic E-state index is 0.00248. The van der Waals surface area contributed by atoms with Gasteiger partial charge in [-0.05, 0) is 202 Å². The Bertz CT molecular complexity index is 3490. The topological polar surface area (TPSA) is 6.48 Å². The van der Waals surface area contributed by atoms with Crippen LogP contribution in [0.5, 0.6) is 0 Å². The Labute approximate surface area is 450 Å². The van der Waals surface area contributed by atoms with Gasteiger partial charge in [0.1, 0.15) is 0 Å². The summed E-state index contributed by atoms with van der Waals surface area (Å²) >= 11 is 2.01. The van der Waals surface area contributed by atoms with Crippen LogP contribution in [0.15, 0.2) is 103 Å². The smallest absolute Gasteiger partial charge is 0.254 e. The van der Waals surface area contributed by atoms with E-state index in [1.807, 2.05) is 11.3 Å². The van der Waals surface area contributed by atoms with Gasteiger partial charge in [-0.15, -0.1) is 11.3 Å². The molecule has 0 saturated heterocycles. The predicted molar refractivity (Wildman–Crippen MR) is 325 cm³/mol. The minimum Gasteiger partial charge on any atom is -0.311 e. The summed E-state index contributed by atoms with van der Waals surface area (Å²) in [6, 6.07) is 42.5. The number of hydrogen-bond donors (Lipinski definition) is 0. The highest BCUT2D eigenvalue weighted by atomic mass is 32.1. The van der Waals surface area contributed by atoms with Crippen molar-refractivity contribution in [1.82, 2.24) is 0 Å². The second-order valence-corrected chi connectivity index (χ2v) is 30.9. The Morgan fingerprint density at radius 3 is 1.46 bits per heavy atom. The average Bonchev–Trinajstić information content (AvgIpc) is 3.71. The molecule has 0 amide bonds. The lowest BCUT2D eigenvalue weighted by molar-refractivity contribution is 0.332. The van der Waals surface area contributed by atoms with Gasteiger partial charge >= 0.3 is 0 Å². The lowest BCUT2D eigenvalue weighted by atomic mass is 9.33. The second kappa shape index (κ2) is 15.8. The normalized spacial score (nSPS) is 20.3. The number of nitrogens with zero attached hydrogens (tertiary/aromatic N) is 2. The molecule has 6 aromatic carbocycles. The maximum Gasteiger partial charge on any atom is 0.254 e. The van der Waals surface area contributed by atoms with Crippen molar-refractivity contribution in [3.05, 3.63) is 148 Å². The Morgan fingerprint density at radius 2 is 0.905 bits per heavy atom. The summed E-state index contributed by atoms with van der Waals surface area (Å²) < 4.78 is 1.37. The van der Waals surface area contributed by atoms with Gasteiger partial charge in [-0.2, -0.15) is 0 Å². The summed E-state index contributed by atoms with van der Waals surface area (Å²) in [6.45, 7) is 44.4. The van der Waals surface area contributed by atoms with Crippen molar-refractivity contribution >= 4 is 78.0 Å². The molecule has 4 heteroatoms. The molecule has 0 unspecified atom stereocenters. The first-order valence-corrected chi connectivity index (χ1v) is 29.2. The van der Waals surface area contributed by atoms with Crippen molar-refractivity contribution in [1.29, 1.82) is 0 Å². The molecule has 0 N–H and O–H groups in total. The third-order valence-corrected chi connectivity index (χ3v) is 21.0. The Morgan fingerprint density at radius 1 is 0.419 bits per heavy atom. The van der Waals surface area contributed by atoms with Crippen LogP contribution < -0.4 is 26.2 Å². The minimum atomic E-state index is -0.130. The van der Waals surface area contributed by atoms with Gasteiger partial charge in [0.25, 0.3) is 6.71 Å². The van der Waals surface area contributed by atoms with Crippen molar-refractivity contribution in [2.45, 2.75) is 206 Å². The van der Waals surface area contributed by atoms with Gasteiger partial charge in [-0.25, -0.2) is 0 Å². The van der Waals surface area contributed by atoms with Crippen molar-refractivity contribution < 1.29 is 0 Å². The maximum absolute atomic E-state index is 2.81. The number of hydrogen-bond acceptors (Lipinski definition) is 3. The van der Waals surface area contributed by atoms with Crippen LogP contribution >= 0.6 is 11.3 Å². The Balaban J connectivity index is 1.28.